The van der Waals surface area contributed by atoms with Crippen LogP contribution in [-0.4, -0.2) is 70.9 Å². The molecule has 1 aliphatic heterocycles. The van der Waals surface area contributed by atoms with Crippen LogP contribution in [0.5, 0.6) is 0 Å². The van der Waals surface area contributed by atoms with Crippen LogP contribution in [0, 0.1) is 6.92 Å². The number of primary amides is 1. The van der Waals surface area contributed by atoms with E-state index in [0.717, 1.165) is 12.0 Å². The Balaban J connectivity index is 1.67. The van der Waals surface area contributed by atoms with E-state index in [4.69, 9.17) is 5.73 Å². The van der Waals surface area contributed by atoms with E-state index in [1.54, 1.807) is 11.0 Å². The first kappa shape index (κ1) is 23.5. The van der Waals surface area contributed by atoms with Crippen molar-refractivity contribution in [3.05, 3.63) is 58.9 Å². The molecule has 0 saturated carbocycles. The van der Waals surface area contributed by atoms with Gasteiger partial charge in [0.1, 0.15) is 0 Å². The van der Waals surface area contributed by atoms with Gasteiger partial charge in [-0.25, -0.2) is 4.79 Å². The second-order valence-electron chi connectivity index (χ2n) is 8.57. The van der Waals surface area contributed by atoms with E-state index < -0.39 is 5.91 Å². The van der Waals surface area contributed by atoms with Crippen LogP contribution < -0.4 is 11.1 Å². The normalized spacial score (nSPS) is 14.6. The number of rotatable bonds is 8. The summed E-state index contributed by atoms with van der Waals surface area (Å²) in [6, 6.07) is 11.7. The Bertz CT molecular complexity index is 960. The standard InChI is InChI=1S/C24H33N5O3/c1-17(2)26-24(32)28-13-11-27(12-14-28)16-22(30)21-15-20(23(25)31)18(3)29(21)10-9-19-7-5-4-6-8-19/h4-8,15,17H,9-14,16H2,1-3H3,(H2,25,31)(H,26,32). The average molecular weight is 440 g/mol. The Morgan fingerprint density at radius 1 is 1.06 bits per heavy atom. The number of urea groups is 1. The molecule has 8 nitrogen and oxygen atoms in total. The lowest BCUT2D eigenvalue weighted by atomic mass is 10.1. The van der Waals surface area contributed by atoms with Gasteiger partial charge in [0.25, 0.3) is 5.91 Å². The molecular weight excluding hydrogens is 406 g/mol. The Morgan fingerprint density at radius 3 is 2.31 bits per heavy atom. The van der Waals surface area contributed by atoms with Crippen LogP contribution in [0.4, 0.5) is 4.79 Å². The zero-order chi connectivity index (χ0) is 23.3. The molecule has 2 aromatic rings. The molecule has 0 radical (unpaired) electrons. The predicted octanol–water partition coefficient (Wildman–Crippen LogP) is 2.06. The van der Waals surface area contributed by atoms with Crippen molar-refractivity contribution in [1.29, 1.82) is 0 Å². The van der Waals surface area contributed by atoms with Gasteiger partial charge in [-0.2, -0.15) is 0 Å². The summed E-state index contributed by atoms with van der Waals surface area (Å²) in [6.07, 6.45) is 0.748. The maximum absolute atomic E-state index is 13.2. The lowest BCUT2D eigenvalue weighted by Gasteiger charge is -2.34. The highest BCUT2D eigenvalue weighted by atomic mass is 16.2. The number of aromatic nitrogens is 1. The molecule has 1 saturated heterocycles. The van der Waals surface area contributed by atoms with Crippen molar-refractivity contribution in [3.8, 4) is 0 Å². The number of hydrogen-bond donors (Lipinski definition) is 2. The van der Waals surface area contributed by atoms with Crippen LogP contribution in [0.2, 0.25) is 0 Å². The molecule has 1 aromatic heterocycles. The van der Waals surface area contributed by atoms with Gasteiger partial charge in [0.2, 0.25) is 0 Å². The summed E-state index contributed by atoms with van der Waals surface area (Å²) in [4.78, 5) is 41.1. The van der Waals surface area contributed by atoms with Crippen LogP contribution in [0.15, 0.2) is 36.4 Å². The van der Waals surface area contributed by atoms with Crippen LogP contribution >= 0.6 is 0 Å². The van der Waals surface area contributed by atoms with E-state index in [2.05, 4.69) is 10.2 Å². The van der Waals surface area contributed by atoms with E-state index in [0.29, 0.717) is 49.7 Å². The first-order valence-corrected chi connectivity index (χ1v) is 11.1. The number of hydrogen-bond acceptors (Lipinski definition) is 4. The number of nitrogens with zero attached hydrogens (tertiary/aromatic N) is 3. The highest BCUT2D eigenvalue weighted by Gasteiger charge is 2.25. The molecule has 3 amide bonds. The molecule has 1 aromatic carbocycles. The summed E-state index contributed by atoms with van der Waals surface area (Å²) in [7, 11) is 0. The van der Waals surface area contributed by atoms with E-state index >= 15 is 0 Å². The van der Waals surface area contributed by atoms with Gasteiger partial charge >= 0.3 is 6.03 Å². The lowest BCUT2D eigenvalue weighted by Crippen LogP contribution is -2.53. The molecular formula is C24H33N5O3. The maximum Gasteiger partial charge on any atom is 0.317 e. The van der Waals surface area contributed by atoms with Gasteiger partial charge in [-0.3, -0.25) is 14.5 Å². The van der Waals surface area contributed by atoms with Gasteiger partial charge in [-0.15, -0.1) is 0 Å². The van der Waals surface area contributed by atoms with Crippen molar-refractivity contribution in [2.24, 2.45) is 5.73 Å². The molecule has 2 heterocycles. The molecule has 0 bridgehead atoms. The molecule has 32 heavy (non-hydrogen) atoms. The molecule has 172 valence electrons. The SMILES string of the molecule is Cc1c(C(N)=O)cc(C(=O)CN2CCN(C(=O)NC(C)C)CC2)n1CCc1ccccc1. The fraction of sp³-hybridized carbons (Fsp3) is 0.458. The summed E-state index contributed by atoms with van der Waals surface area (Å²) in [5, 5.41) is 2.90. The van der Waals surface area contributed by atoms with Crippen LogP contribution in [0.3, 0.4) is 0 Å². The van der Waals surface area contributed by atoms with Gasteiger partial charge in [0.15, 0.2) is 5.78 Å². The number of carbonyl (C=O) groups is 3. The van der Waals surface area contributed by atoms with Crippen molar-refractivity contribution in [3.63, 3.8) is 0 Å². The zero-order valence-electron chi connectivity index (χ0n) is 19.1. The molecule has 3 rings (SSSR count). The minimum absolute atomic E-state index is 0.0475. The Labute approximate surface area is 189 Å². The first-order chi connectivity index (χ1) is 15.3. The quantitative estimate of drug-likeness (QED) is 0.615. The van der Waals surface area contributed by atoms with Crippen molar-refractivity contribution < 1.29 is 14.4 Å². The van der Waals surface area contributed by atoms with Gasteiger partial charge < -0.3 is 20.5 Å². The van der Waals surface area contributed by atoms with Gasteiger partial charge in [0.05, 0.1) is 17.8 Å². The third-order valence-corrected chi connectivity index (χ3v) is 5.82. The van der Waals surface area contributed by atoms with Crippen molar-refractivity contribution in [2.45, 2.75) is 39.8 Å². The van der Waals surface area contributed by atoms with Crippen molar-refractivity contribution >= 4 is 17.7 Å². The maximum atomic E-state index is 13.2. The number of amides is 3. The molecule has 0 aliphatic carbocycles. The molecule has 3 N–H and O–H groups in total. The summed E-state index contributed by atoms with van der Waals surface area (Å²) < 4.78 is 1.90. The van der Waals surface area contributed by atoms with Gasteiger partial charge in [-0.05, 0) is 38.8 Å². The van der Waals surface area contributed by atoms with Crippen LogP contribution in [-0.2, 0) is 13.0 Å². The van der Waals surface area contributed by atoms with E-state index in [1.165, 1.54) is 0 Å². The lowest BCUT2D eigenvalue weighted by molar-refractivity contribution is 0.0868. The van der Waals surface area contributed by atoms with Gasteiger partial charge in [0, 0.05) is 44.5 Å². The molecule has 1 fully saturated rings. The van der Waals surface area contributed by atoms with Gasteiger partial charge in [-0.1, -0.05) is 30.3 Å². The fourth-order valence-corrected chi connectivity index (χ4v) is 4.03. The van der Waals surface area contributed by atoms with Crippen molar-refractivity contribution in [2.75, 3.05) is 32.7 Å². The highest BCUT2D eigenvalue weighted by Crippen LogP contribution is 2.18. The summed E-state index contributed by atoms with van der Waals surface area (Å²) in [6.45, 7) is 8.93. The summed E-state index contributed by atoms with van der Waals surface area (Å²) in [5.74, 6) is -0.575. The highest BCUT2D eigenvalue weighted by molar-refractivity contribution is 6.01. The van der Waals surface area contributed by atoms with Crippen molar-refractivity contribution in [1.82, 2.24) is 19.7 Å². The average Bonchev–Trinajstić information content (AvgIpc) is 3.09. The number of carbonyl (C=O) groups excluding carboxylic acids is 3. The molecule has 1 aliphatic rings. The van der Waals surface area contributed by atoms with E-state index in [1.807, 2.05) is 55.7 Å². The monoisotopic (exact) mass is 439 g/mol. The number of piperazine rings is 1. The largest absolute Gasteiger partial charge is 0.366 e. The summed E-state index contributed by atoms with van der Waals surface area (Å²) in [5.41, 5.74) is 8.32. The number of aryl methyl sites for hydroxylation is 1. The third-order valence-electron chi connectivity index (χ3n) is 5.82. The van der Waals surface area contributed by atoms with E-state index in [9.17, 15) is 14.4 Å². The Hall–Kier alpha value is -3.13. The minimum atomic E-state index is -0.528. The smallest absolute Gasteiger partial charge is 0.317 e. The number of nitrogens with two attached hydrogens (primary N) is 1. The number of nitrogens with one attached hydrogen (secondary N) is 1. The van der Waals surface area contributed by atoms with E-state index in [-0.39, 0.29) is 24.4 Å². The zero-order valence-corrected chi connectivity index (χ0v) is 19.1. The second-order valence-corrected chi connectivity index (χ2v) is 8.57. The van der Waals surface area contributed by atoms with Crippen LogP contribution in [0.1, 0.15) is 46.0 Å². The molecule has 0 unspecified atom stereocenters. The number of Topliss-reactive ketones (excluding diaryl/α,β-unsaturated/α-hetero) is 1. The van der Waals surface area contributed by atoms with Crippen LogP contribution in [0.25, 0.3) is 0 Å². The first-order valence-electron chi connectivity index (χ1n) is 11.1. The minimum Gasteiger partial charge on any atom is -0.366 e. The molecule has 0 atom stereocenters. The number of benzene rings is 1. The topological polar surface area (TPSA) is 101 Å². The second kappa shape index (κ2) is 10.5. The predicted molar refractivity (Wildman–Crippen MR) is 124 cm³/mol. The summed E-state index contributed by atoms with van der Waals surface area (Å²) >= 11 is 0. The Morgan fingerprint density at radius 2 is 1.72 bits per heavy atom. The molecule has 0 spiro atoms. The fourth-order valence-electron chi connectivity index (χ4n) is 4.03. The third kappa shape index (κ3) is 5.76. The number of ketones is 1. The Kier molecular flexibility index (Phi) is 7.69. The molecule has 8 heteroatoms.